The summed E-state index contributed by atoms with van der Waals surface area (Å²) in [6.07, 6.45) is -1.46. The molecule has 0 unspecified atom stereocenters. The summed E-state index contributed by atoms with van der Waals surface area (Å²) in [4.78, 5) is 0. The Morgan fingerprint density at radius 1 is 0.463 bits per heavy atom. The van der Waals surface area contributed by atoms with Crippen LogP contribution < -0.4 is 34.9 Å². The van der Waals surface area contributed by atoms with Crippen LogP contribution in [0.5, 0.6) is 23.0 Å². The Labute approximate surface area is 391 Å². The lowest BCUT2D eigenvalue weighted by molar-refractivity contribution is -0.0442. The fourth-order valence-corrected chi connectivity index (χ4v) is 7.78. The molecular weight excluding hydrogens is 860 g/mol. The van der Waals surface area contributed by atoms with Gasteiger partial charge in [-0.1, -0.05) is 109 Å². The lowest BCUT2D eigenvalue weighted by Gasteiger charge is -2.32. The molecule has 0 spiro atoms. The molecule has 3 aliphatic heterocycles. The number of hydrogen-bond donors (Lipinski definition) is 3. The van der Waals surface area contributed by atoms with E-state index in [1.165, 1.54) is 29.8 Å². The largest absolute Gasteiger partial charge is 0.490 e. The summed E-state index contributed by atoms with van der Waals surface area (Å²) in [6.45, 7) is 11.0. The Morgan fingerprint density at radius 3 is 1.25 bits per heavy atom. The van der Waals surface area contributed by atoms with Crippen LogP contribution in [-0.4, -0.2) is 84.0 Å². The van der Waals surface area contributed by atoms with Crippen LogP contribution >= 0.6 is 0 Å². The molecule has 3 heterocycles. The van der Waals surface area contributed by atoms with E-state index in [4.69, 9.17) is 33.2 Å². The van der Waals surface area contributed by atoms with Crippen LogP contribution in [0.15, 0.2) is 152 Å². The fourth-order valence-electron chi connectivity index (χ4n) is 7.78. The summed E-state index contributed by atoms with van der Waals surface area (Å²) in [5.41, 5.74) is 4.02. The van der Waals surface area contributed by atoms with Crippen molar-refractivity contribution >= 4 is 0 Å². The van der Waals surface area contributed by atoms with Crippen LogP contribution in [0.1, 0.15) is 47.5 Å². The molecule has 6 aromatic rings. The highest BCUT2D eigenvalue weighted by Crippen LogP contribution is 2.35. The predicted molar refractivity (Wildman–Crippen MR) is 252 cm³/mol. The normalized spacial score (nSPS) is 19.4. The monoisotopic (exact) mass is 919 g/mol. The molecule has 0 radical (unpaired) electrons. The van der Waals surface area contributed by atoms with Crippen molar-refractivity contribution in [1.29, 1.82) is 0 Å². The molecule has 10 nitrogen and oxygen atoms in total. The van der Waals surface area contributed by atoms with Crippen LogP contribution in [0.3, 0.4) is 0 Å². The summed E-state index contributed by atoms with van der Waals surface area (Å²) < 4.78 is 82.3. The van der Waals surface area contributed by atoms with Crippen LogP contribution in [0.25, 0.3) is 0 Å². The van der Waals surface area contributed by atoms with Crippen molar-refractivity contribution in [2.45, 2.75) is 50.5 Å². The molecule has 0 saturated carbocycles. The molecule has 3 fully saturated rings. The molecule has 0 amide bonds. The number of aryl methyl sites for hydroxylation is 1. The summed E-state index contributed by atoms with van der Waals surface area (Å²) in [5, 5.41) is 9.90. The highest BCUT2D eigenvalue weighted by atomic mass is 19.1. The molecule has 9 rings (SSSR count). The van der Waals surface area contributed by atoms with Crippen molar-refractivity contribution in [2.24, 2.45) is 0 Å². The molecule has 3 aliphatic rings. The lowest BCUT2D eigenvalue weighted by Crippen LogP contribution is -2.43. The van der Waals surface area contributed by atoms with Gasteiger partial charge < -0.3 is 49.1 Å². The quantitative estimate of drug-likeness (QED) is 0.0981. The molecule has 3 N–H and O–H groups in total. The second kappa shape index (κ2) is 25.8. The third-order valence-corrected chi connectivity index (χ3v) is 11.2. The fraction of sp³-hybridized carbons (Fsp3) is 0.333. The second-order valence-corrected chi connectivity index (χ2v) is 16.1. The number of halogens is 3. The molecule has 6 aromatic carbocycles. The van der Waals surface area contributed by atoms with Gasteiger partial charge in [0.05, 0.1) is 26.4 Å². The molecular formula is C54H60F3N3O7. The van der Waals surface area contributed by atoms with E-state index in [2.05, 4.69) is 16.0 Å². The highest BCUT2D eigenvalue weighted by molar-refractivity contribution is 5.40. The smallest absolute Gasteiger partial charge is 0.165 e. The molecule has 6 atom stereocenters. The van der Waals surface area contributed by atoms with Crippen LogP contribution in [-0.2, 0) is 14.2 Å². The minimum Gasteiger partial charge on any atom is -0.490 e. The summed E-state index contributed by atoms with van der Waals surface area (Å²) in [7, 11) is 0. The first-order valence-electron chi connectivity index (χ1n) is 22.9. The standard InChI is InChI=1S/C19H22FNO3.C18H20FNO2.C17H18FNO2/c1-2-22-16-5-3-4-6-17(16)24-19(18-13-21-11-12-23-18)14-7-9-15(20)10-8-14;1-13-6-8-14(9-7-13)18(17-12-20-10-11-21-17)22-16-5-3-2-4-15(16)19;18-14-8-4-5-9-15(14)21-17(13-6-2-1-3-7-13)16-12-19-10-11-20-16/h3-10,18-19,21H,2,11-13H2,1H3;2-9,17-18,20H,10-12H2,1H3;1-9,16-17,19H,10-12H2/t18-,19-;17-,18-;16-,17-/m000/s1. The Morgan fingerprint density at radius 2 is 0.836 bits per heavy atom. The Hall–Kier alpha value is -5.93. The molecule has 0 aromatic heterocycles. The van der Waals surface area contributed by atoms with E-state index in [9.17, 15) is 13.2 Å². The highest BCUT2D eigenvalue weighted by Gasteiger charge is 2.31. The van der Waals surface area contributed by atoms with Gasteiger partial charge in [0, 0.05) is 39.3 Å². The predicted octanol–water partition coefficient (Wildman–Crippen LogP) is 9.51. The lowest BCUT2D eigenvalue weighted by atomic mass is 10.0. The van der Waals surface area contributed by atoms with Gasteiger partial charge in [0.2, 0.25) is 0 Å². The van der Waals surface area contributed by atoms with E-state index in [0.717, 1.165) is 36.3 Å². The summed E-state index contributed by atoms with van der Waals surface area (Å²) in [6, 6.07) is 44.7. The zero-order valence-corrected chi connectivity index (χ0v) is 38.0. The molecule has 13 heteroatoms. The van der Waals surface area contributed by atoms with Crippen molar-refractivity contribution in [3.63, 3.8) is 0 Å². The molecule has 0 aliphatic carbocycles. The van der Waals surface area contributed by atoms with Crippen molar-refractivity contribution in [2.75, 3.05) is 65.7 Å². The molecule has 0 bridgehead atoms. The maximum atomic E-state index is 13.9. The third kappa shape index (κ3) is 14.5. The number of benzene rings is 6. The summed E-state index contributed by atoms with van der Waals surface area (Å²) in [5.74, 6) is 0.863. The first-order valence-corrected chi connectivity index (χ1v) is 22.9. The van der Waals surface area contributed by atoms with E-state index in [1.54, 1.807) is 48.5 Å². The topological polar surface area (TPSA) is 101 Å². The minimum absolute atomic E-state index is 0.138. The van der Waals surface area contributed by atoms with Crippen LogP contribution in [0, 0.1) is 24.4 Å². The maximum absolute atomic E-state index is 13.9. The Balaban J connectivity index is 0.000000149. The van der Waals surface area contributed by atoms with Gasteiger partial charge in [-0.2, -0.15) is 0 Å². The van der Waals surface area contributed by atoms with E-state index in [-0.39, 0.29) is 65.6 Å². The number of nitrogens with one attached hydrogen (secondary N) is 3. The number of rotatable bonds is 14. The Kier molecular flexibility index (Phi) is 18.9. The van der Waals surface area contributed by atoms with Gasteiger partial charge in [-0.15, -0.1) is 0 Å². The maximum Gasteiger partial charge on any atom is 0.165 e. The van der Waals surface area contributed by atoms with Crippen molar-refractivity contribution in [3.8, 4) is 23.0 Å². The van der Waals surface area contributed by atoms with E-state index in [0.29, 0.717) is 57.6 Å². The average Bonchev–Trinajstić information content (AvgIpc) is 3.38. The van der Waals surface area contributed by atoms with Gasteiger partial charge in [0.1, 0.15) is 24.1 Å². The molecule has 67 heavy (non-hydrogen) atoms. The zero-order chi connectivity index (χ0) is 46.6. The van der Waals surface area contributed by atoms with Crippen LogP contribution in [0.4, 0.5) is 13.2 Å². The van der Waals surface area contributed by atoms with Crippen molar-refractivity contribution < 1.29 is 46.3 Å². The van der Waals surface area contributed by atoms with Crippen LogP contribution in [0.2, 0.25) is 0 Å². The van der Waals surface area contributed by atoms with Crippen molar-refractivity contribution in [3.05, 3.63) is 191 Å². The second-order valence-electron chi connectivity index (χ2n) is 16.1. The minimum atomic E-state index is -0.359. The van der Waals surface area contributed by atoms with Gasteiger partial charge in [0.25, 0.3) is 0 Å². The molecule has 354 valence electrons. The van der Waals surface area contributed by atoms with E-state index >= 15 is 0 Å². The van der Waals surface area contributed by atoms with Gasteiger partial charge in [-0.3, -0.25) is 0 Å². The Bertz CT molecular complexity index is 2340. The van der Waals surface area contributed by atoms with E-state index in [1.807, 2.05) is 92.7 Å². The van der Waals surface area contributed by atoms with Crippen molar-refractivity contribution in [1.82, 2.24) is 16.0 Å². The SMILES string of the molecule is CCOc1ccccc1O[C@@H](c1ccc(F)cc1)[C@@H]1CNCCO1.Cc1ccc([C@H](Oc2ccccc2F)[C@@H]2CNCCO2)cc1.Fc1ccccc1O[C@@H](c1ccccc1)[C@@H]1CNCCO1. The van der Waals surface area contributed by atoms with E-state index < -0.39 is 0 Å². The van der Waals surface area contributed by atoms with Gasteiger partial charge in [-0.05, 0) is 79.1 Å². The summed E-state index contributed by atoms with van der Waals surface area (Å²) >= 11 is 0. The first-order chi connectivity index (χ1) is 32.9. The number of morpholine rings is 3. The van der Waals surface area contributed by atoms with Gasteiger partial charge >= 0.3 is 0 Å². The number of ether oxygens (including phenoxy) is 7. The first kappa shape index (κ1) is 49.0. The molecule has 3 saturated heterocycles. The number of hydrogen-bond acceptors (Lipinski definition) is 10. The van der Waals surface area contributed by atoms with Gasteiger partial charge in [-0.25, -0.2) is 13.2 Å². The third-order valence-electron chi connectivity index (χ3n) is 11.2. The zero-order valence-electron chi connectivity index (χ0n) is 38.0. The average molecular weight is 920 g/mol. The number of para-hydroxylation sites is 4. The van der Waals surface area contributed by atoms with Gasteiger partial charge in [0.15, 0.2) is 52.9 Å².